The van der Waals surface area contributed by atoms with Crippen molar-refractivity contribution in [3.63, 3.8) is 0 Å². The molecule has 0 fully saturated rings. The molecule has 0 nitrogen and oxygen atoms in total. The van der Waals surface area contributed by atoms with Crippen LogP contribution >= 0.6 is 0 Å². The second-order valence-electron chi connectivity index (χ2n) is 0. The minimum absolute atomic E-state index is 0. The molecule has 0 aliphatic rings. The van der Waals surface area contributed by atoms with Crippen LogP contribution in [0.15, 0.2) is 0 Å². The molecule has 0 bridgehead atoms. The standard InChI is InChI=1S/Cd.2H2Se.Se/h;2*1H2;/q+2;;;-2. The predicted molar refractivity (Wildman–Crippen MR) is 22.8 cm³/mol. The van der Waals surface area contributed by atoms with Gasteiger partial charge < -0.3 is 17.1 Å². The van der Waals surface area contributed by atoms with Crippen LogP contribution in [0.2, 0.25) is 0 Å². The van der Waals surface area contributed by atoms with E-state index in [1.54, 1.807) is 0 Å². The Morgan fingerprint density at radius 2 is 0.750 bits per heavy atom. The first-order chi connectivity index (χ1) is 0. The van der Waals surface area contributed by atoms with Crippen LogP contribution < -0.4 is 0 Å². The molecule has 24 valence electrons. The Morgan fingerprint density at radius 3 is 0.750 bits per heavy atom. The van der Waals surface area contributed by atoms with E-state index in [1.165, 1.54) is 0 Å². The van der Waals surface area contributed by atoms with Crippen LogP contribution in [0.5, 0.6) is 0 Å². The Hall–Kier alpha value is 2.48. The van der Waals surface area contributed by atoms with E-state index in [4.69, 9.17) is 0 Å². The van der Waals surface area contributed by atoms with Crippen molar-refractivity contribution in [3.05, 3.63) is 0 Å². The van der Waals surface area contributed by atoms with Gasteiger partial charge in [-0.15, -0.1) is 0 Å². The predicted octanol–water partition coefficient (Wildman–Crippen LogP) is -2.22. The van der Waals surface area contributed by atoms with E-state index in [-0.39, 0.29) is 78.5 Å². The van der Waals surface area contributed by atoms with Gasteiger partial charge >= 0.3 is 61.4 Å². The summed E-state index contributed by atoms with van der Waals surface area (Å²) in [5.74, 6) is 0. The van der Waals surface area contributed by atoms with Gasteiger partial charge in [0.25, 0.3) is 0 Å². The van der Waals surface area contributed by atoms with Crippen molar-refractivity contribution in [2.75, 3.05) is 0 Å². The van der Waals surface area contributed by atoms with Gasteiger partial charge in [-0.3, -0.25) is 0 Å². The van der Waals surface area contributed by atoms with Crippen molar-refractivity contribution >= 4 is 51.2 Å². The summed E-state index contributed by atoms with van der Waals surface area (Å²) in [7, 11) is 0. The molecule has 0 N–H and O–H groups in total. The number of hydrogen-bond donors (Lipinski definition) is 0. The van der Waals surface area contributed by atoms with Gasteiger partial charge in [0, 0.05) is 0 Å². The van der Waals surface area contributed by atoms with Crippen LogP contribution in [0.4, 0.5) is 0 Å². The first kappa shape index (κ1) is 31.6. The molecule has 0 heterocycles. The molecule has 0 aromatic rings. The molecule has 0 amide bonds. The van der Waals surface area contributed by atoms with Crippen molar-refractivity contribution in [2.45, 2.75) is 0 Å². The van der Waals surface area contributed by atoms with Gasteiger partial charge in [0.1, 0.15) is 0 Å². The summed E-state index contributed by atoms with van der Waals surface area (Å²) in [5, 5.41) is 0. The van der Waals surface area contributed by atoms with Crippen LogP contribution in [0.25, 0.3) is 0 Å². The monoisotopic (exact) mass is 358 g/mol. The Kier molecular flexibility index (Phi) is 141. The molecule has 0 spiro atoms. The molecular weight excluding hydrogens is 349 g/mol. The van der Waals surface area contributed by atoms with E-state index in [1.807, 2.05) is 0 Å². The van der Waals surface area contributed by atoms with Crippen LogP contribution in [0, 0.1) is 0 Å². The quantitative estimate of drug-likeness (QED) is 0.433. The molecule has 4 heteroatoms. The van der Waals surface area contributed by atoms with Gasteiger partial charge in [-0.2, -0.15) is 0 Å². The summed E-state index contributed by atoms with van der Waals surface area (Å²) in [6.45, 7) is 0. The molecule has 0 saturated heterocycles. The Labute approximate surface area is 77.4 Å². The summed E-state index contributed by atoms with van der Waals surface area (Å²) >= 11 is 0. The zero-order valence-electron chi connectivity index (χ0n) is 2.12. The fourth-order valence-electron chi connectivity index (χ4n) is 0. The van der Waals surface area contributed by atoms with Crippen molar-refractivity contribution in [3.8, 4) is 0 Å². The summed E-state index contributed by atoms with van der Waals surface area (Å²) in [5.41, 5.74) is 0. The molecule has 0 aromatic carbocycles. The summed E-state index contributed by atoms with van der Waals surface area (Å²) in [4.78, 5) is 0. The zero-order chi connectivity index (χ0) is 0. The summed E-state index contributed by atoms with van der Waals surface area (Å²) < 4.78 is 0. The third-order valence-electron chi connectivity index (χ3n) is 0. The van der Waals surface area contributed by atoms with E-state index >= 15 is 0 Å². The molecule has 0 atom stereocenters. The molecule has 0 aliphatic heterocycles. The molecule has 4 heavy (non-hydrogen) atoms. The Bertz CT molecular complexity index is 3.25. The van der Waals surface area contributed by atoms with E-state index in [9.17, 15) is 0 Å². The second kappa shape index (κ2) is 17.9. The van der Waals surface area contributed by atoms with Crippen LogP contribution in [0.3, 0.4) is 0 Å². The first-order valence-electron chi connectivity index (χ1n) is 0. The van der Waals surface area contributed by atoms with Gasteiger partial charge in [-0.05, 0) is 0 Å². The van der Waals surface area contributed by atoms with E-state index in [0.717, 1.165) is 0 Å². The van der Waals surface area contributed by atoms with Gasteiger partial charge in [-0.25, -0.2) is 0 Å². The SMILES string of the molecule is [Cd+2].[Se-2].[SeH2].[SeH2]. The molecule has 0 saturated carbocycles. The Balaban J connectivity index is 0. The third-order valence-corrected chi connectivity index (χ3v) is 0. The second-order valence-corrected chi connectivity index (χ2v) is 0. The van der Waals surface area contributed by atoms with Crippen molar-refractivity contribution in [2.24, 2.45) is 0 Å². The zero-order valence-corrected chi connectivity index (χ0v) is 12.1. The molecule has 0 rings (SSSR count). The van der Waals surface area contributed by atoms with Gasteiger partial charge in [0.15, 0.2) is 0 Å². The average Bonchev–Trinajstić information content (AvgIpc) is 0. The van der Waals surface area contributed by atoms with Crippen LogP contribution in [-0.4, -0.2) is 51.2 Å². The summed E-state index contributed by atoms with van der Waals surface area (Å²) in [6, 6.07) is 0. The molecular formula is H4CdSe3. The van der Waals surface area contributed by atoms with E-state index in [0.29, 0.717) is 0 Å². The normalized spacial score (nSPS) is 0. The number of hydrogen-bond acceptors (Lipinski definition) is 0. The topological polar surface area (TPSA) is 0 Å². The maximum atomic E-state index is 0. The fraction of sp³-hybridized carbons (Fsp3) is 0. The third kappa shape index (κ3) is 8.82. The van der Waals surface area contributed by atoms with Gasteiger partial charge in [0.05, 0.1) is 0 Å². The van der Waals surface area contributed by atoms with Crippen molar-refractivity contribution < 1.29 is 27.3 Å². The maximum absolute atomic E-state index is 0. The fourth-order valence-corrected chi connectivity index (χ4v) is 0. The van der Waals surface area contributed by atoms with Gasteiger partial charge in [0.2, 0.25) is 0 Å². The molecule has 0 aliphatic carbocycles. The molecule has 0 aromatic heterocycles. The van der Waals surface area contributed by atoms with Crippen LogP contribution in [-0.2, 0) is 27.3 Å². The van der Waals surface area contributed by atoms with E-state index in [2.05, 4.69) is 0 Å². The number of rotatable bonds is 0. The first-order valence-corrected chi connectivity index (χ1v) is 0. The minimum atomic E-state index is 0. The van der Waals surface area contributed by atoms with Crippen molar-refractivity contribution in [1.29, 1.82) is 0 Å². The summed E-state index contributed by atoms with van der Waals surface area (Å²) in [6.07, 6.45) is 0. The average molecular weight is 353 g/mol. The molecule has 0 radical (unpaired) electrons. The van der Waals surface area contributed by atoms with E-state index < -0.39 is 0 Å². The molecule has 0 unspecified atom stereocenters. The van der Waals surface area contributed by atoms with Crippen LogP contribution in [0.1, 0.15) is 0 Å². The van der Waals surface area contributed by atoms with Gasteiger partial charge in [-0.1, -0.05) is 0 Å². The Morgan fingerprint density at radius 1 is 0.750 bits per heavy atom. The van der Waals surface area contributed by atoms with Crippen molar-refractivity contribution in [1.82, 2.24) is 0 Å².